The maximum atomic E-state index is 12.7. The van der Waals surface area contributed by atoms with E-state index in [1.807, 2.05) is 0 Å². The number of alkyl halides is 2. The Labute approximate surface area is 86.9 Å². The van der Waals surface area contributed by atoms with Crippen molar-refractivity contribution >= 4 is 0 Å². The Kier molecular flexibility index (Phi) is 3.74. The maximum Gasteiger partial charge on any atom is 0.241 e. The van der Waals surface area contributed by atoms with Gasteiger partial charge in [-0.25, -0.2) is 13.2 Å². The highest BCUT2D eigenvalue weighted by molar-refractivity contribution is 5.22. The van der Waals surface area contributed by atoms with E-state index in [1.54, 1.807) is 6.92 Å². The van der Waals surface area contributed by atoms with Crippen molar-refractivity contribution in [1.82, 2.24) is 0 Å². The van der Waals surface area contributed by atoms with E-state index >= 15 is 0 Å². The van der Waals surface area contributed by atoms with Crippen molar-refractivity contribution in [2.24, 2.45) is 0 Å². The molecular weight excluding hydrogens is 205 g/mol. The van der Waals surface area contributed by atoms with Gasteiger partial charge in [-0.15, -0.1) is 0 Å². The first kappa shape index (κ1) is 12.0. The molecule has 84 valence electrons. The van der Waals surface area contributed by atoms with Crippen LogP contribution in [0.2, 0.25) is 0 Å². The van der Waals surface area contributed by atoms with Crippen LogP contribution in [-0.4, -0.2) is 13.5 Å². The number of benzene rings is 1. The Morgan fingerprint density at radius 1 is 1.27 bits per heavy atom. The summed E-state index contributed by atoms with van der Waals surface area (Å²) >= 11 is 0. The minimum atomic E-state index is -2.46. The number of hydrogen-bond donors (Lipinski definition) is 0. The quantitative estimate of drug-likeness (QED) is 0.753. The van der Waals surface area contributed by atoms with Crippen LogP contribution in [0.4, 0.5) is 13.2 Å². The van der Waals surface area contributed by atoms with E-state index in [4.69, 9.17) is 4.74 Å². The van der Waals surface area contributed by atoms with Crippen LogP contribution in [0.1, 0.15) is 18.9 Å². The molecule has 15 heavy (non-hydrogen) atoms. The third-order valence-corrected chi connectivity index (χ3v) is 2.45. The third kappa shape index (κ3) is 2.96. The van der Waals surface area contributed by atoms with Gasteiger partial charge < -0.3 is 4.74 Å². The topological polar surface area (TPSA) is 9.23 Å². The van der Waals surface area contributed by atoms with E-state index in [0.717, 1.165) is 0 Å². The summed E-state index contributed by atoms with van der Waals surface area (Å²) in [5, 5.41) is 0. The van der Waals surface area contributed by atoms with Crippen molar-refractivity contribution in [3.8, 4) is 0 Å². The average Bonchev–Trinajstić information content (AvgIpc) is 2.17. The summed E-state index contributed by atoms with van der Waals surface area (Å²) in [6.45, 7) is 1.56. The van der Waals surface area contributed by atoms with Gasteiger partial charge in [0.05, 0.1) is 5.60 Å². The predicted molar refractivity (Wildman–Crippen MR) is 51.4 cm³/mol. The van der Waals surface area contributed by atoms with Gasteiger partial charge in [0.25, 0.3) is 0 Å². The molecule has 0 fully saturated rings. The second kappa shape index (κ2) is 4.66. The van der Waals surface area contributed by atoms with Gasteiger partial charge in [-0.3, -0.25) is 0 Å². The zero-order valence-electron chi connectivity index (χ0n) is 8.64. The van der Waals surface area contributed by atoms with Crippen LogP contribution in [0.25, 0.3) is 0 Å². The van der Waals surface area contributed by atoms with E-state index in [-0.39, 0.29) is 0 Å². The van der Waals surface area contributed by atoms with Gasteiger partial charge >= 0.3 is 0 Å². The van der Waals surface area contributed by atoms with Gasteiger partial charge in [0.2, 0.25) is 6.43 Å². The molecule has 0 aliphatic rings. The molecule has 4 heteroatoms. The maximum absolute atomic E-state index is 12.7. The average molecular weight is 218 g/mol. The lowest BCUT2D eigenvalue weighted by molar-refractivity contribution is -0.0469. The highest BCUT2D eigenvalue weighted by Gasteiger charge is 2.30. The van der Waals surface area contributed by atoms with E-state index in [0.29, 0.717) is 5.56 Å². The first-order valence-electron chi connectivity index (χ1n) is 4.57. The molecule has 1 aromatic carbocycles. The molecule has 1 unspecified atom stereocenters. The summed E-state index contributed by atoms with van der Waals surface area (Å²) in [5.41, 5.74) is -0.520. The monoisotopic (exact) mass is 218 g/mol. The summed E-state index contributed by atoms with van der Waals surface area (Å²) in [7, 11) is 1.37. The molecule has 0 aliphatic heterocycles. The van der Waals surface area contributed by atoms with Gasteiger partial charge in [0, 0.05) is 13.5 Å². The summed E-state index contributed by atoms with van der Waals surface area (Å²) in [4.78, 5) is 0. The molecule has 1 nitrogen and oxygen atoms in total. The van der Waals surface area contributed by atoms with E-state index < -0.39 is 24.3 Å². The standard InChI is InChI=1S/C11H13F3O/c1-11(15-2,7-10(13)14)8-3-5-9(12)6-4-8/h3-6,10H,7H2,1-2H3. The van der Waals surface area contributed by atoms with Crippen molar-refractivity contribution in [3.63, 3.8) is 0 Å². The van der Waals surface area contributed by atoms with Gasteiger partial charge in [0.15, 0.2) is 0 Å². The second-order valence-corrected chi connectivity index (χ2v) is 3.54. The Morgan fingerprint density at radius 3 is 2.20 bits per heavy atom. The van der Waals surface area contributed by atoms with E-state index in [2.05, 4.69) is 0 Å². The number of hydrogen-bond acceptors (Lipinski definition) is 1. The highest BCUT2D eigenvalue weighted by Crippen LogP contribution is 2.31. The number of ether oxygens (including phenoxy) is 1. The van der Waals surface area contributed by atoms with Gasteiger partial charge in [-0.1, -0.05) is 12.1 Å². The zero-order valence-corrected chi connectivity index (χ0v) is 8.64. The lowest BCUT2D eigenvalue weighted by Gasteiger charge is -2.28. The lowest BCUT2D eigenvalue weighted by Crippen LogP contribution is -2.27. The van der Waals surface area contributed by atoms with Crippen LogP contribution < -0.4 is 0 Å². The van der Waals surface area contributed by atoms with Gasteiger partial charge in [-0.05, 0) is 24.6 Å². The van der Waals surface area contributed by atoms with Crippen LogP contribution in [-0.2, 0) is 10.3 Å². The Morgan fingerprint density at radius 2 is 1.80 bits per heavy atom. The van der Waals surface area contributed by atoms with Crippen molar-refractivity contribution < 1.29 is 17.9 Å². The highest BCUT2D eigenvalue weighted by atomic mass is 19.3. The fraction of sp³-hybridized carbons (Fsp3) is 0.455. The smallest absolute Gasteiger partial charge is 0.241 e. The molecular formula is C11H13F3O. The van der Waals surface area contributed by atoms with E-state index in [9.17, 15) is 13.2 Å². The minimum Gasteiger partial charge on any atom is -0.374 e. The largest absolute Gasteiger partial charge is 0.374 e. The van der Waals surface area contributed by atoms with Gasteiger partial charge in [0.1, 0.15) is 5.82 Å². The Hall–Kier alpha value is -1.03. The SMILES string of the molecule is COC(C)(CC(F)F)c1ccc(F)cc1. The molecule has 1 atom stereocenters. The van der Waals surface area contributed by atoms with Crippen molar-refractivity contribution in [2.45, 2.75) is 25.4 Å². The predicted octanol–water partition coefficient (Wildman–Crippen LogP) is 3.34. The van der Waals surface area contributed by atoms with E-state index in [1.165, 1.54) is 31.4 Å². The van der Waals surface area contributed by atoms with Gasteiger partial charge in [-0.2, -0.15) is 0 Å². The molecule has 0 bridgehead atoms. The van der Waals surface area contributed by atoms with Crippen molar-refractivity contribution in [1.29, 1.82) is 0 Å². The Bertz CT molecular complexity index is 310. The van der Waals surface area contributed by atoms with Crippen molar-refractivity contribution in [2.75, 3.05) is 7.11 Å². The molecule has 0 amide bonds. The molecule has 0 N–H and O–H groups in total. The number of halogens is 3. The first-order chi connectivity index (χ1) is 6.98. The molecule has 1 aromatic rings. The molecule has 1 rings (SSSR count). The number of rotatable bonds is 4. The zero-order chi connectivity index (χ0) is 11.5. The lowest BCUT2D eigenvalue weighted by atomic mass is 9.92. The molecule has 0 saturated carbocycles. The summed E-state index contributed by atoms with van der Waals surface area (Å²) < 4.78 is 42.4. The fourth-order valence-electron chi connectivity index (χ4n) is 1.42. The summed E-state index contributed by atoms with van der Waals surface area (Å²) in [6.07, 6.45) is -2.87. The third-order valence-electron chi connectivity index (χ3n) is 2.45. The second-order valence-electron chi connectivity index (χ2n) is 3.54. The molecule has 0 aromatic heterocycles. The molecule has 0 radical (unpaired) electrons. The summed E-state index contributed by atoms with van der Waals surface area (Å²) in [5.74, 6) is -0.394. The first-order valence-corrected chi connectivity index (χ1v) is 4.57. The van der Waals surface area contributed by atoms with Crippen LogP contribution in [0.15, 0.2) is 24.3 Å². The molecule has 0 saturated heterocycles. The molecule has 0 heterocycles. The van der Waals surface area contributed by atoms with Crippen LogP contribution >= 0.6 is 0 Å². The summed E-state index contributed by atoms with van der Waals surface area (Å²) in [6, 6.07) is 5.39. The molecule has 0 aliphatic carbocycles. The minimum absolute atomic E-state index is 0.394. The van der Waals surface area contributed by atoms with Crippen LogP contribution in [0.5, 0.6) is 0 Å². The van der Waals surface area contributed by atoms with Crippen LogP contribution in [0, 0.1) is 5.82 Å². The van der Waals surface area contributed by atoms with Crippen LogP contribution in [0.3, 0.4) is 0 Å². The Balaban J connectivity index is 2.95. The number of methoxy groups -OCH3 is 1. The normalized spacial score (nSPS) is 15.3. The molecule has 0 spiro atoms. The van der Waals surface area contributed by atoms with Crippen molar-refractivity contribution in [3.05, 3.63) is 35.6 Å². The fourth-order valence-corrected chi connectivity index (χ4v) is 1.42.